The molecule has 1 unspecified atom stereocenters. The van der Waals surface area contributed by atoms with Crippen LogP contribution in [-0.2, 0) is 6.54 Å². The molecule has 2 aromatic rings. The molecule has 0 bridgehead atoms. The van der Waals surface area contributed by atoms with E-state index in [1.54, 1.807) is 17.6 Å². The number of likely N-dealkylation sites (N-methyl/N-ethyl adjacent to an activating group) is 1. The molecule has 1 fully saturated rings. The molecule has 2 amide bonds. The van der Waals surface area contributed by atoms with Crippen molar-refractivity contribution in [1.29, 1.82) is 0 Å². The van der Waals surface area contributed by atoms with E-state index in [0.29, 0.717) is 13.1 Å². The van der Waals surface area contributed by atoms with E-state index in [-0.39, 0.29) is 12.1 Å². The fourth-order valence-electron chi connectivity index (χ4n) is 2.86. The van der Waals surface area contributed by atoms with Crippen LogP contribution in [0.4, 0.5) is 4.79 Å². The number of thiophene rings is 1. The van der Waals surface area contributed by atoms with Crippen LogP contribution >= 0.6 is 11.3 Å². The maximum absolute atomic E-state index is 12.1. The molecule has 130 valence electrons. The summed E-state index contributed by atoms with van der Waals surface area (Å²) in [5, 5.41) is 7.92. The monoisotopic (exact) mass is 348 g/mol. The lowest BCUT2D eigenvalue weighted by atomic mass is 10.1. The van der Waals surface area contributed by atoms with Gasteiger partial charge in [-0.05, 0) is 30.6 Å². The van der Waals surface area contributed by atoms with Crippen molar-refractivity contribution in [3.63, 3.8) is 0 Å². The third-order valence-electron chi connectivity index (χ3n) is 4.31. The molecule has 24 heavy (non-hydrogen) atoms. The molecule has 1 atom stereocenters. The summed E-state index contributed by atoms with van der Waals surface area (Å²) in [4.78, 5) is 18.2. The first-order valence-electron chi connectivity index (χ1n) is 8.22. The SMILES string of the molecule is CN1CCN(C(CNC(=O)NCc2ccco2)c2cccs2)CC1. The van der Waals surface area contributed by atoms with Gasteiger partial charge < -0.3 is 20.0 Å². The van der Waals surface area contributed by atoms with Crippen LogP contribution in [0.5, 0.6) is 0 Å². The number of piperazine rings is 1. The van der Waals surface area contributed by atoms with Crippen LogP contribution in [-0.4, -0.2) is 55.6 Å². The summed E-state index contributed by atoms with van der Waals surface area (Å²) in [7, 11) is 2.15. The van der Waals surface area contributed by atoms with Crippen LogP contribution in [0.25, 0.3) is 0 Å². The zero-order valence-electron chi connectivity index (χ0n) is 13.9. The first-order chi connectivity index (χ1) is 11.7. The Morgan fingerprint density at radius 2 is 2.08 bits per heavy atom. The van der Waals surface area contributed by atoms with Gasteiger partial charge in [-0.15, -0.1) is 11.3 Å². The molecule has 0 radical (unpaired) electrons. The van der Waals surface area contributed by atoms with Crippen LogP contribution < -0.4 is 10.6 Å². The van der Waals surface area contributed by atoms with E-state index in [1.165, 1.54) is 4.88 Å². The minimum atomic E-state index is -0.165. The number of carbonyl (C=O) groups is 1. The number of urea groups is 1. The van der Waals surface area contributed by atoms with Gasteiger partial charge >= 0.3 is 6.03 Å². The number of rotatable bonds is 6. The van der Waals surface area contributed by atoms with E-state index >= 15 is 0 Å². The largest absolute Gasteiger partial charge is 0.467 e. The average Bonchev–Trinajstić information content (AvgIpc) is 3.28. The van der Waals surface area contributed by atoms with Gasteiger partial charge in [0, 0.05) is 37.6 Å². The molecule has 7 heteroatoms. The van der Waals surface area contributed by atoms with Gasteiger partial charge in [-0.2, -0.15) is 0 Å². The Kier molecular flexibility index (Phi) is 5.90. The van der Waals surface area contributed by atoms with Crippen molar-refractivity contribution >= 4 is 17.4 Å². The Morgan fingerprint density at radius 3 is 2.75 bits per heavy atom. The Bertz CT molecular complexity index is 607. The van der Waals surface area contributed by atoms with Gasteiger partial charge in [0.1, 0.15) is 5.76 Å². The van der Waals surface area contributed by atoms with Crippen molar-refractivity contribution in [2.75, 3.05) is 39.8 Å². The smallest absolute Gasteiger partial charge is 0.315 e. The number of hydrogen-bond acceptors (Lipinski definition) is 5. The highest BCUT2D eigenvalue weighted by molar-refractivity contribution is 7.10. The third kappa shape index (κ3) is 4.59. The van der Waals surface area contributed by atoms with Crippen LogP contribution in [0.15, 0.2) is 40.3 Å². The predicted molar refractivity (Wildman–Crippen MR) is 95.1 cm³/mol. The zero-order valence-corrected chi connectivity index (χ0v) is 14.7. The molecule has 0 aliphatic carbocycles. The molecular formula is C17H24N4O2S. The van der Waals surface area contributed by atoms with Crippen molar-refractivity contribution in [3.8, 4) is 0 Å². The minimum absolute atomic E-state index is 0.165. The average molecular weight is 348 g/mol. The molecule has 1 saturated heterocycles. The van der Waals surface area contributed by atoms with E-state index in [2.05, 4.69) is 45.0 Å². The summed E-state index contributed by atoms with van der Waals surface area (Å²) < 4.78 is 5.22. The number of nitrogens with zero attached hydrogens (tertiary/aromatic N) is 2. The number of hydrogen-bond donors (Lipinski definition) is 2. The zero-order chi connectivity index (χ0) is 16.8. The van der Waals surface area contributed by atoms with Gasteiger partial charge in [-0.3, -0.25) is 4.90 Å². The van der Waals surface area contributed by atoms with Crippen LogP contribution in [0.3, 0.4) is 0 Å². The Hall–Kier alpha value is -1.83. The van der Waals surface area contributed by atoms with Crippen molar-refractivity contribution in [1.82, 2.24) is 20.4 Å². The predicted octanol–water partition coefficient (Wildman–Crippen LogP) is 2.13. The topological polar surface area (TPSA) is 60.8 Å². The first kappa shape index (κ1) is 17.0. The van der Waals surface area contributed by atoms with E-state index in [4.69, 9.17) is 4.42 Å². The molecule has 0 saturated carbocycles. The molecule has 2 N–H and O–H groups in total. The second kappa shape index (κ2) is 8.32. The van der Waals surface area contributed by atoms with E-state index < -0.39 is 0 Å². The van der Waals surface area contributed by atoms with Gasteiger partial charge in [-0.25, -0.2) is 4.79 Å². The van der Waals surface area contributed by atoms with Gasteiger partial charge in [0.25, 0.3) is 0 Å². The van der Waals surface area contributed by atoms with Crippen LogP contribution in [0.1, 0.15) is 16.7 Å². The quantitative estimate of drug-likeness (QED) is 0.840. The van der Waals surface area contributed by atoms with E-state index in [9.17, 15) is 4.79 Å². The Balaban J connectivity index is 1.53. The summed E-state index contributed by atoms with van der Waals surface area (Å²) in [6, 6.07) is 7.94. The summed E-state index contributed by atoms with van der Waals surface area (Å²) in [5.74, 6) is 0.749. The van der Waals surface area contributed by atoms with Crippen molar-refractivity contribution in [2.45, 2.75) is 12.6 Å². The minimum Gasteiger partial charge on any atom is -0.467 e. The van der Waals surface area contributed by atoms with E-state index in [1.807, 2.05) is 12.1 Å². The van der Waals surface area contributed by atoms with Gasteiger partial charge in [0.05, 0.1) is 18.8 Å². The second-order valence-electron chi connectivity index (χ2n) is 6.01. The van der Waals surface area contributed by atoms with Crippen molar-refractivity contribution < 1.29 is 9.21 Å². The van der Waals surface area contributed by atoms with E-state index in [0.717, 1.165) is 31.9 Å². The first-order valence-corrected chi connectivity index (χ1v) is 9.10. The fraction of sp³-hybridized carbons (Fsp3) is 0.471. The van der Waals surface area contributed by atoms with Crippen molar-refractivity contribution in [2.24, 2.45) is 0 Å². The maximum atomic E-state index is 12.1. The Morgan fingerprint density at radius 1 is 1.25 bits per heavy atom. The molecule has 3 rings (SSSR count). The highest BCUT2D eigenvalue weighted by Gasteiger charge is 2.25. The number of nitrogens with one attached hydrogen (secondary N) is 2. The highest BCUT2D eigenvalue weighted by atomic mass is 32.1. The van der Waals surface area contributed by atoms with Gasteiger partial charge in [0.2, 0.25) is 0 Å². The number of carbonyl (C=O) groups excluding carboxylic acids is 1. The lowest BCUT2D eigenvalue weighted by Gasteiger charge is -2.37. The molecule has 6 nitrogen and oxygen atoms in total. The molecular weight excluding hydrogens is 324 g/mol. The molecule has 3 heterocycles. The molecule has 0 spiro atoms. The van der Waals surface area contributed by atoms with Crippen LogP contribution in [0, 0.1) is 0 Å². The fourth-order valence-corrected chi connectivity index (χ4v) is 3.72. The lowest BCUT2D eigenvalue weighted by molar-refractivity contribution is 0.112. The number of amides is 2. The summed E-state index contributed by atoms with van der Waals surface area (Å²) in [6.07, 6.45) is 1.61. The van der Waals surface area contributed by atoms with Gasteiger partial charge in [-0.1, -0.05) is 6.07 Å². The maximum Gasteiger partial charge on any atom is 0.315 e. The summed E-state index contributed by atoms with van der Waals surface area (Å²) >= 11 is 1.75. The molecule has 0 aromatic carbocycles. The molecule has 1 aliphatic rings. The highest BCUT2D eigenvalue weighted by Crippen LogP contribution is 2.25. The number of furan rings is 1. The third-order valence-corrected chi connectivity index (χ3v) is 5.28. The van der Waals surface area contributed by atoms with Gasteiger partial charge in [0.15, 0.2) is 0 Å². The van der Waals surface area contributed by atoms with Crippen molar-refractivity contribution in [3.05, 3.63) is 46.5 Å². The standard InChI is InChI=1S/C17H24N4O2S/c1-20-6-8-21(9-7-20)15(16-5-3-11-24-16)13-19-17(22)18-12-14-4-2-10-23-14/h2-5,10-11,15H,6-9,12-13H2,1H3,(H2,18,19,22). The normalized spacial score (nSPS) is 17.5. The Labute approximate surface area is 146 Å². The molecule has 1 aliphatic heterocycles. The summed E-state index contributed by atoms with van der Waals surface area (Å²) in [5.41, 5.74) is 0. The molecule has 2 aromatic heterocycles. The van der Waals surface area contributed by atoms with Crippen LogP contribution in [0.2, 0.25) is 0 Å². The second-order valence-corrected chi connectivity index (χ2v) is 6.99. The lowest BCUT2D eigenvalue weighted by Crippen LogP contribution is -2.49. The summed E-state index contributed by atoms with van der Waals surface area (Å²) in [6.45, 7) is 5.17.